The fourth-order valence-electron chi connectivity index (χ4n) is 1.83. The van der Waals surface area contributed by atoms with Gasteiger partial charge in [-0.2, -0.15) is 0 Å². The van der Waals surface area contributed by atoms with Crippen molar-refractivity contribution in [3.05, 3.63) is 32.8 Å². The highest BCUT2D eigenvalue weighted by Gasteiger charge is 2.18. The highest BCUT2D eigenvalue weighted by molar-refractivity contribution is 9.10. The number of nitro benzene ring substituents is 1. The summed E-state index contributed by atoms with van der Waals surface area (Å²) in [6.45, 7) is 1.40. The fraction of sp³-hybridized carbons (Fsp3) is 0.455. The number of nitrogens with one attached hydrogen (secondary N) is 1. The average Bonchev–Trinajstić information content (AvgIpc) is 2.80. The maximum absolute atomic E-state index is 10.9. The van der Waals surface area contributed by atoms with Gasteiger partial charge in [0.05, 0.1) is 11.0 Å². The molecule has 0 radical (unpaired) electrons. The Balaban J connectivity index is 2.06. The Morgan fingerprint density at radius 2 is 2.41 bits per heavy atom. The van der Waals surface area contributed by atoms with Gasteiger partial charge < -0.3 is 10.1 Å². The lowest BCUT2D eigenvalue weighted by Gasteiger charge is -2.12. The summed E-state index contributed by atoms with van der Waals surface area (Å²) in [5.74, 6) is 0. The molecule has 5 nitrogen and oxygen atoms in total. The molecule has 1 atom stereocenters. The van der Waals surface area contributed by atoms with Crippen LogP contribution in [0.2, 0.25) is 0 Å². The Kier molecular flexibility index (Phi) is 3.96. The van der Waals surface area contributed by atoms with Crippen LogP contribution in [0.25, 0.3) is 0 Å². The standard InChI is InChI=1S/C11H13BrN2O3/c12-8-3-4-10(11(6-8)14(15)16)13-7-9-2-1-5-17-9/h3-4,6,9,13H,1-2,5,7H2/t9-/m1/s1. The molecule has 2 rings (SSSR count). The third-order valence-electron chi connectivity index (χ3n) is 2.70. The molecule has 1 heterocycles. The third kappa shape index (κ3) is 3.17. The zero-order valence-electron chi connectivity index (χ0n) is 9.19. The van der Waals surface area contributed by atoms with E-state index < -0.39 is 0 Å². The van der Waals surface area contributed by atoms with Crippen molar-refractivity contribution in [1.29, 1.82) is 0 Å². The summed E-state index contributed by atoms with van der Waals surface area (Å²) in [7, 11) is 0. The van der Waals surface area contributed by atoms with Gasteiger partial charge in [-0.3, -0.25) is 10.1 Å². The number of ether oxygens (including phenoxy) is 1. The van der Waals surface area contributed by atoms with E-state index in [-0.39, 0.29) is 16.7 Å². The summed E-state index contributed by atoms with van der Waals surface area (Å²) in [6, 6.07) is 4.99. The van der Waals surface area contributed by atoms with Gasteiger partial charge >= 0.3 is 0 Å². The first-order chi connectivity index (χ1) is 8.16. The maximum Gasteiger partial charge on any atom is 0.293 e. The number of hydrogen-bond acceptors (Lipinski definition) is 4. The van der Waals surface area contributed by atoms with Gasteiger partial charge in [0.15, 0.2) is 0 Å². The second-order valence-electron chi connectivity index (χ2n) is 3.93. The molecule has 1 fully saturated rings. The molecule has 1 saturated heterocycles. The predicted octanol–water partition coefficient (Wildman–Crippen LogP) is 2.95. The van der Waals surface area contributed by atoms with E-state index in [2.05, 4.69) is 21.2 Å². The molecule has 1 aliphatic heterocycles. The summed E-state index contributed by atoms with van der Waals surface area (Å²) >= 11 is 3.23. The van der Waals surface area contributed by atoms with Gasteiger partial charge in [0.2, 0.25) is 0 Å². The number of hydrogen-bond donors (Lipinski definition) is 1. The zero-order chi connectivity index (χ0) is 12.3. The van der Waals surface area contributed by atoms with Crippen LogP contribution in [-0.2, 0) is 4.74 Å². The van der Waals surface area contributed by atoms with Crippen molar-refractivity contribution in [1.82, 2.24) is 0 Å². The van der Waals surface area contributed by atoms with Crippen LogP contribution in [0.3, 0.4) is 0 Å². The third-order valence-corrected chi connectivity index (χ3v) is 3.19. The molecule has 0 bridgehead atoms. The molecular weight excluding hydrogens is 288 g/mol. The molecule has 0 unspecified atom stereocenters. The second kappa shape index (κ2) is 5.46. The van der Waals surface area contributed by atoms with Crippen molar-refractivity contribution >= 4 is 27.3 Å². The van der Waals surface area contributed by atoms with Gasteiger partial charge in [-0.05, 0) is 25.0 Å². The molecule has 1 N–H and O–H groups in total. The molecule has 0 spiro atoms. The number of benzene rings is 1. The van der Waals surface area contributed by atoms with Crippen molar-refractivity contribution in [3.63, 3.8) is 0 Å². The minimum absolute atomic E-state index is 0.0809. The topological polar surface area (TPSA) is 64.4 Å². The van der Waals surface area contributed by atoms with Crippen LogP contribution in [0.4, 0.5) is 11.4 Å². The van der Waals surface area contributed by atoms with Crippen LogP contribution in [0, 0.1) is 10.1 Å². The monoisotopic (exact) mass is 300 g/mol. The van der Waals surface area contributed by atoms with Crippen LogP contribution >= 0.6 is 15.9 Å². The van der Waals surface area contributed by atoms with Crippen LogP contribution in [-0.4, -0.2) is 24.2 Å². The molecule has 0 amide bonds. The lowest BCUT2D eigenvalue weighted by Crippen LogP contribution is -2.18. The Bertz CT molecular complexity index is 419. The number of anilines is 1. The Hall–Kier alpha value is -1.14. The first-order valence-corrected chi connectivity index (χ1v) is 6.25. The lowest BCUT2D eigenvalue weighted by atomic mass is 10.2. The quantitative estimate of drug-likeness (QED) is 0.686. The summed E-state index contributed by atoms with van der Waals surface area (Å²) < 4.78 is 6.16. The van der Waals surface area contributed by atoms with E-state index in [1.807, 2.05) is 0 Å². The number of nitro groups is 1. The summed E-state index contributed by atoms with van der Waals surface area (Å²) in [4.78, 5) is 10.5. The van der Waals surface area contributed by atoms with Crippen molar-refractivity contribution in [2.24, 2.45) is 0 Å². The molecule has 1 aromatic carbocycles. The van der Waals surface area contributed by atoms with Crippen molar-refractivity contribution in [2.75, 3.05) is 18.5 Å². The van der Waals surface area contributed by atoms with E-state index in [4.69, 9.17) is 4.74 Å². The Morgan fingerprint density at radius 1 is 1.59 bits per heavy atom. The molecule has 17 heavy (non-hydrogen) atoms. The first-order valence-electron chi connectivity index (χ1n) is 5.46. The SMILES string of the molecule is O=[N+]([O-])c1cc(Br)ccc1NC[C@H]1CCCO1. The van der Waals surface area contributed by atoms with Gasteiger partial charge in [-0.15, -0.1) is 0 Å². The molecule has 0 aliphatic carbocycles. The Morgan fingerprint density at radius 3 is 3.06 bits per heavy atom. The largest absolute Gasteiger partial charge is 0.377 e. The highest BCUT2D eigenvalue weighted by Crippen LogP contribution is 2.28. The van der Waals surface area contributed by atoms with Gasteiger partial charge in [0.1, 0.15) is 5.69 Å². The smallest absolute Gasteiger partial charge is 0.293 e. The predicted molar refractivity (Wildman–Crippen MR) is 68.3 cm³/mol. The molecule has 0 saturated carbocycles. The minimum Gasteiger partial charge on any atom is -0.377 e. The molecule has 6 heteroatoms. The fourth-order valence-corrected chi connectivity index (χ4v) is 2.18. The lowest BCUT2D eigenvalue weighted by molar-refractivity contribution is -0.384. The minimum atomic E-state index is -0.386. The number of nitrogens with zero attached hydrogens (tertiary/aromatic N) is 1. The van der Waals surface area contributed by atoms with Crippen LogP contribution in [0.1, 0.15) is 12.8 Å². The van der Waals surface area contributed by atoms with Crippen LogP contribution in [0.5, 0.6) is 0 Å². The summed E-state index contributed by atoms with van der Waals surface area (Å²) in [5, 5.41) is 14.0. The normalized spacial score (nSPS) is 19.2. The Labute approximate surface area is 107 Å². The molecular formula is C11H13BrN2O3. The first kappa shape index (κ1) is 12.3. The molecule has 92 valence electrons. The van der Waals surface area contributed by atoms with Crippen molar-refractivity contribution in [2.45, 2.75) is 18.9 Å². The van der Waals surface area contributed by atoms with E-state index in [1.54, 1.807) is 12.1 Å². The van der Waals surface area contributed by atoms with Crippen molar-refractivity contribution < 1.29 is 9.66 Å². The van der Waals surface area contributed by atoms with E-state index in [0.717, 1.165) is 19.4 Å². The second-order valence-corrected chi connectivity index (χ2v) is 4.85. The van der Waals surface area contributed by atoms with Gasteiger partial charge in [0.25, 0.3) is 5.69 Å². The zero-order valence-corrected chi connectivity index (χ0v) is 10.8. The maximum atomic E-state index is 10.9. The highest BCUT2D eigenvalue weighted by atomic mass is 79.9. The molecule has 1 aromatic rings. The van der Waals surface area contributed by atoms with E-state index >= 15 is 0 Å². The van der Waals surface area contributed by atoms with E-state index in [9.17, 15) is 10.1 Å². The number of rotatable bonds is 4. The number of halogens is 1. The van der Waals surface area contributed by atoms with Crippen LogP contribution < -0.4 is 5.32 Å². The van der Waals surface area contributed by atoms with E-state index in [1.165, 1.54) is 6.07 Å². The summed E-state index contributed by atoms with van der Waals surface area (Å²) in [6.07, 6.45) is 2.24. The van der Waals surface area contributed by atoms with Gasteiger partial charge in [-0.1, -0.05) is 15.9 Å². The van der Waals surface area contributed by atoms with Crippen LogP contribution in [0.15, 0.2) is 22.7 Å². The molecule has 1 aliphatic rings. The summed E-state index contributed by atoms with van der Waals surface area (Å²) in [5.41, 5.74) is 0.617. The van der Waals surface area contributed by atoms with E-state index in [0.29, 0.717) is 16.7 Å². The van der Waals surface area contributed by atoms with Crippen molar-refractivity contribution in [3.8, 4) is 0 Å². The van der Waals surface area contributed by atoms with Gasteiger partial charge in [-0.25, -0.2) is 0 Å². The van der Waals surface area contributed by atoms with Gasteiger partial charge in [0, 0.05) is 23.7 Å². The molecule has 0 aromatic heterocycles. The average molecular weight is 301 g/mol.